The predicted molar refractivity (Wildman–Crippen MR) is 86.1 cm³/mol. The van der Waals surface area contributed by atoms with E-state index in [-0.39, 0.29) is 11.9 Å². The van der Waals surface area contributed by atoms with E-state index in [0.717, 1.165) is 16.5 Å². The molecule has 1 atom stereocenters. The summed E-state index contributed by atoms with van der Waals surface area (Å²) in [7, 11) is 0. The van der Waals surface area contributed by atoms with Crippen LogP contribution in [0.4, 0.5) is 0 Å². The van der Waals surface area contributed by atoms with Crippen molar-refractivity contribution in [2.75, 3.05) is 0 Å². The van der Waals surface area contributed by atoms with E-state index in [4.69, 9.17) is 11.6 Å². The maximum absolute atomic E-state index is 12.3. The van der Waals surface area contributed by atoms with Gasteiger partial charge in [0.05, 0.1) is 16.6 Å². The Morgan fingerprint density at radius 1 is 1.20 bits per heavy atom. The highest BCUT2D eigenvalue weighted by Gasteiger charge is 2.15. The van der Waals surface area contributed by atoms with E-state index in [9.17, 15) is 4.79 Å². The molecule has 0 aliphatic carbocycles. The standard InChI is InChI=1S/C16H15BrClNO/c1-2-15(11-7-9-12(17)10-8-11)19-16(20)13-5-3-4-6-14(13)18/h3-10,15H,2H2,1H3,(H,19,20). The van der Waals surface area contributed by atoms with Gasteiger partial charge in [-0.05, 0) is 36.2 Å². The summed E-state index contributed by atoms with van der Waals surface area (Å²) in [6.45, 7) is 2.04. The van der Waals surface area contributed by atoms with E-state index in [2.05, 4.69) is 21.2 Å². The maximum atomic E-state index is 12.3. The lowest BCUT2D eigenvalue weighted by molar-refractivity contribution is 0.0935. The first-order chi connectivity index (χ1) is 9.61. The number of carbonyl (C=O) groups is 1. The van der Waals surface area contributed by atoms with Crippen molar-refractivity contribution in [1.29, 1.82) is 0 Å². The summed E-state index contributed by atoms with van der Waals surface area (Å²) in [4.78, 5) is 12.3. The molecule has 0 bridgehead atoms. The molecule has 0 saturated carbocycles. The molecule has 0 aliphatic rings. The zero-order valence-corrected chi connectivity index (χ0v) is 13.4. The van der Waals surface area contributed by atoms with Crippen LogP contribution in [0.2, 0.25) is 5.02 Å². The Hall–Kier alpha value is -1.32. The summed E-state index contributed by atoms with van der Waals surface area (Å²) in [6, 6.07) is 15.0. The fourth-order valence-corrected chi connectivity index (χ4v) is 2.48. The molecule has 0 heterocycles. The van der Waals surface area contributed by atoms with Crippen LogP contribution in [0.5, 0.6) is 0 Å². The molecule has 0 saturated heterocycles. The molecular weight excluding hydrogens is 338 g/mol. The first-order valence-corrected chi connectivity index (χ1v) is 7.59. The van der Waals surface area contributed by atoms with E-state index in [1.165, 1.54) is 0 Å². The zero-order chi connectivity index (χ0) is 14.5. The van der Waals surface area contributed by atoms with E-state index in [0.29, 0.717) is 10.6 Å². The van der Waals surface area contributed by atoms with Crippen molar-refractivity contribution >= 4 is 33.4 Å². The van der Waals surface area contributed by atoms with Gasteiger partial charge < -0.3 is 5.32 Å². The number of rotatable bonds is 4. The lowest BCUT2D eigenvalue weighted by atomic mass is 10.0. The Bertz CT molecular complexity index is 598. The van der Waals surface area contributed by atoms with Gasteiger partial charge in [-0.2, -0.15) is 0 Å². The van der Waals surface area contributed by atoms with Crippen LogP contribution in [-0.2, 0) is 0 Å². The van der Waals surface area contributed by atoms with E-state index >= 15 is 0 Å². The van der Waals surface area contributed by atoms with Crippen LogP contribution < -0.4 is 5.32 Å². The van der Waals surface area contributed by atoms with Crippen LogP contribution in [0.3, 0.4) is 0 Å². The molecule has 0 spiro atoms. The Labute approximate surface area is 132 Å². The molecule has 20 heavy (non-hydrogen) atoms. The summed E-state index contributed by atoms with van der Waals surface area (Å²) in [5.74, 6) is -0.148. The molecule has 0 fully saturated rings. The summed E-state index contributed by atoms with van der Waals surface area (Å²) in [5.41, 5.74) is 1.58. The monoisotopic (exact) mass is 351 g/mol. The normalized spacial score (nSPS) is 11.9. The summed E-state index contributed by atoms with van der Waals surface area (Å²) < 4.78 is 1.02. The average Bonchev–Trinajstić information content (AvgIpc) is 2.46. The first-order valence-electron chi connectivity index (χ1n) is 6.42. The van der Waals surface area contributed by atoms with Gasteiger partial charge in [-0.25, -0.2) is 0 Å². The number of hydrogen-bond acceptors (Lipinski definition) is 1. The summed E-state index contributed by atoms with van der Waals surface area (Å²) in [5, 5.41) is 3.49. The Morgan fingerprint density at radius 3 is 2.45 bits per heavy atom. The molecule has 0 radical (unpaired) electrons. The molecule has 1 unspecified atom stereocenters. The van der Waals surface area contributed by atoms with E-state index in [1.807, 2.05) is 37.3 Å². The number of hydrogen-bond donors (Lipinski definition) is 1. The quantitative estimate of drug-likeness (QED) is 0.825. The van der Waals surface area contributed by atoms with Crippen molar-refractivity contribution in [3.8, 4) is 0 Å². The first kappa shape index (κ1) is 15.1. The number of benzene rings is 2. The average molecular weight is 353 g/mol. The van der Waals surface area contributed by atoms with Crippen LogP contribution in [-0.4, -0.2) is 5.91 Å². The van der Waals surface area contributed by atoms with Gasteiger partial charge in [0.15, 0.2) is 0 Å². The van der Waals surface area contributed by atoms with Crippen LogP contribution in [0.15, 0.2) is 53.0 Å². The molecule has 0 aliphatic heterocycles. The molecule has 1 N–H and O–H groups in total. The fourth-order valence-electron chi connectivity index (χ4n) is 2.00. The lowest BCUT2D eigenvalue weighted by Gasteiger charge is -2.18. The fraction of sp³-hybridized carbons (Fsp3) is 0.188. The Balaban J connectivity index is 2.16. The van der Waals surface area contributed by atoms with Crippen LogP contribution in [0.25, 0.3) is 0 Å². The van der Waals surface area contributed by atoms with Crippen LogP contribution >= 0.6 is 27.5 Å². The van der Waals surface area contributed by atoms with E-state index in [1.54, 1.807) is 18.2 Å². The summed E-state index contributed by atoms with van der Waals surface area (Å²) in [6.07, 6.45) is 0.817. The Morgan fingerprint density at radius 2 is 1.85 bits per heavy atom. The van der Waals surface area contributed by atoms with Crippen molar-refractivity contribution < 1.29 is 4.79 Å². The lowest BCUT2D eigenvalue weighted by Crippen LogP contribution is -2.28. The minimum absolute atomic E-state index is 0.0214. The summed E-state index contributed by atoms with van der Waals surface area (Å²) >= 11 is 9.45. The van der Waals surface area contributed by atoms with Crippen LogP contribution in [0.1, 0.15) is 35.3 Å². The highest BCUT2D eigenvalue weighted by Crippen LogP contribution is 2.21. The minimum Gasteiger partial charge on any atom is -0.345 e. The van der Waals surface area contributed by atoms with Crippen molar-refractivity contribution in [3.63, 3.8) is 0 Å². The van der Waals surface area contributed by atoms with Crippen molar-refractivity contribution in [2.24, 2.45) is 0 Å². The van der Waals surface area contributed by atoms with Gasteiger partial charge in [0.1, 0.15) is 0 Å². The third-order valence-corrected chi connectivity index (χ3v) is 3.96. The maximum Gasteiger partial charge on any atom is 0.253 e. The highest BCUT2D eigenvalue weighted by atomic mass is 79.9. The molecule has 4 heteroatoms. The van der Waals surface area contributed by atoms with Gasteiger partial charge >= 0.3 is 0 Å². The second-order valence-electron chi connectivity index (χ2n) is 4.47. The molecule has 0 aromatic heterocycles. The van der Waals surface area contributed by atoms with Gasteiger partial charge in [-0.1, -0.05) is 58.7 Å². The number of nitrogens with one attached hydrogen (secondary N) is 1. The molecule has 104 valence electrons. The molecule has 2 aromatic carbocycles. The third-order valence-electron chi connectivity index (χ3n) is 3.10. The number of amides is 1. The van der Waals surface area contributed by atoms with Crippen molar-refractivity contribution in [2.45, 2.75) is 19.4 Å². The van der Waals surface area contributed by atoms with Crippen molar-refractivity contribution in [1.82, 2.24) is 5.32 Å². The molecular formula is C16H15BrClNO. The second kappa shape index (κ2) is 6.91. The topological polar surface area (TPSA) is 29.1 Å². The molecule has 2 rings (SSSR count). The molecule has 2 nitrogen and oxygen atoms in total. The number of carbonyl (C=O) groups excluding carboxylic acids is 1. The predicted octanol–water partition coefficient (Wildman–Crippen LogP) is 4.98. The zero-order valence-electron chi connectivity index (χ0n) is 11.1. The van der Waals surface area contributed by atoms with E-state index < -0.39 is 0 Å². The van der Waals surface area contributed by atoms with Gasteiger partial charge in [-0.3, -0.25) is 4.79 Å². The van der Waals surface area contributed by atoms with Crippen LogP contribution in [0, 0.1) is 0 Å². The van der Waals surface area contributed by atoms with Gasteiger partial charge in [0.2, 0.25) is 0 Å². The largest absolute Gasteiger partial charge is 0.345 e. The SMILES string of the molecule is CCC(NC(=O)c1ccccc1Cl)c1ccc(Br)cc1. The minimum atomic E-state index is -0.148. The van der Waals surface area contributed by atoms with Crippen molar-refractivity contribution in [3.05, 3.63) is 69.2 Å². The van der Waals surface area contributed by atoms with Gasteiger partial charge in [-0.15, -0.1) is 0 Å². The van der Waals surface area contributed by atoms with Gasteiger partial charge in [0.25, 0.3) is 5.91 Å². The van der Waals surface area contributed by atoms with Gasteiger partial charge in [0, 0.05) is 4.47 Å². The number of halogens is 2. The highest BCUT2D eigenvalue weighted by molar-refractivity contribution is 9.10. The molecule has 2 aromatic rings. The smallest absolute Gasteiger partial charge is 0.253 e. The molecule has 1 amide bonds. The Kier molecular flexibility index (Phi) is 5.21. The third kappa shape index (κ3) is 3.62. The second-order valence-corrected chi connectivity index (χ2v) is 5.79.